The molecular formula is C18H23N3O3S. The summed E-state index contributed by atoms with van der Waals surface area (Å²) in [5.74, 6) is 0.709. The van der Waals surface area contributed by atoms with Crippen LogP contribution in [0.3, 0.4) is 0 Å². The lowest BCUT2D eigenvalue weighted by molar-refractivity contribution is -0.136. The number of nitrogens with zero attached hydrogens (tertiary/aromatic N) is 2. The summed E-state index contributed by atoms with van der Waals surface area (Å²) in [6.45, 7) is 5.18. The normalized spacial score (nSPS) is 17.0. The van der Waals surface area contributed by atoms with Crippen LogP contribution in [-0.4, -0.2) is 40.9 Å². The second-order valence-corrected chi connectivity index (χ2v) is 7.10. The molecule has 25 heavy (non-hydrogen) atoms. The molecule has 1 atom stereocenters. The monoisotopic (exact) mass is 361 g/mol. The van der Waals surface area contributed by atoms with Crippen LogP contribution in [0, 0.1) is 0 Å². The van der Waals surface area contributed by atoms with E-state index in [0.29, 0.717) is 31.1 Å². The number of aromatic nitrogens is 1. The minimum Gasteiger partial charge on any atom is -0.494 e. The Labute approximate surface area is 151 Å². The number of anilines is 1. The summed E-state index contributed by atoms with van der Waals surface area (Å²) in [4.78, 5) is 31.0. The third kappa shape index (κ3) is 3.92. The molecule has 134 valence electrons. The van der Waals surface area contributed by atoms with Crippen molar-refractivity contribution in [1.82, 2.24) is 9.88 Å². The fourth-order valence-electron chi connectivity index (χ4n) is 3.10. The first kappa shape index (κ1) is 17.7. The number of thiazole rings is 1. The molecule has 1 aliphatic rings. The summed E-state index contributed by atoms with van der Waals surface area (Å²) in [5, 5.41) is 3.44. The third-order valence-electron chi connectivity index (χ3n) is 4.24. The highest BCUT2D eigenvalue weighted by Gasteiger charge is 2.33. The van der Waals surface area contributed by atoms with Gasteiger partial charge in [0.05, 0.1) is 16.8 Å². The van der Waals surface area contributed by atoms with Crippen LogP contribution >= 0.6 is 11.3 Å². The summed E-state index contributed by atoms with van der Waals surface area (Å²) in [5.41, 5.74) is 0.828. The lowest BCUT2D eigenvalue weighted by Crippen LogP contribution is -2.43. The molecule has 2 heterocycles. The molecule has 1 saturated heterocycles. The molecule has 1 aliphatic heterocycles. The second kappa shape index (κ2) is 7.82. The number of nitrogens with one attached hydrogen (secondary N) is 1. The van der Waals surface area contributed by atoms with Gasteiger partial charge in [0, 0.05) is 13.0 Å². The van der Waals surface area contributed by atoms with Crippen LogP contribution in [0.25, 0.3) is 10.2 Å². The molecule has 7 heteroatoms. The molecule has 1 fully saturated rings. The molecule has 0 spiro atoms. The second-order valence-electron chi connectivity index (χ2n) is 6.07. The minimum absolute atomic E-state index is 0.0609. The molecule has 3 rings (SSSR count). The van der Waals surface area contributed by atoms with Crippen molar-refractivity contribution in [2.45, 2.75) is 45.6 Å². The number of hydrogen-bond acceptors (Lipinski definition) is 5. The van der Waals surface area contributed by atoms with Gasteiger partial charge in [0.2, 0.25) is 11.8 Å². The average Bonchev–Trinajstić information content (AvgIpc) is 3.21. The number of fused-ring (bicyclic) bond motifs is 1. The van der Waals surface area contributed by atoms with Gasteiger partial charge >= 0.3 is 0 Å². The van der Waals surface area contributed by atoms with Gasteiger partial charge in [-0.05, 0) is 44.4 Å². The van der Waals surface area contributed by atoms with Crippen molar-refractivity contribution < 1.29 is 14.3 Å². The molecule has 0 saturated carbocycles. The predicted molar refractivity (Wildman–Crippen MR) is 99.1 cm³/mol. The van der Waals surface area contributed by atoms with E-state index in [4.69, 9.17) is 4.74 Å². The number of hydrogen-bond donors (Lipinski definition) is 1. The van der Waals surface area contributed by atoms with Crippen LogP contribution in [0.15, 0.2) is 18.2 Å². The van der Waals surface area contributed by atoms with Crippen molar-refractivity contribution in [1.29, 1.82) is 0 Å². The number of carbonyl (C=O) groups excluding carboxylic acids is 2. The number of carbonyl (C=O) groups is 2. The van der Waals surface area contributed by atoms with Crippen LogP contribution in [0.2, 0.25) is 0 Å². The van der Waals surface area contributed by atoms with E-state index in [2.05, 4.69) is 10.3 Å². The van der Waals surface area contributed by atoms with E-state index in [1.165, 1.54) is 11.3 Å². The van der Waals surface area contributed by atoms with Gasteiger partial charge in [-0.15, -0.1) is 0 Å². The molecule has 0 bridgehead atoms. The Morgan fingerprint density at radius 3 is 3.00 bits per heavy atom. The van der Waals surface area contributed by atoms with Crippen LogP contribution in [0.1, 0.15) is 39.5 Å². The van der Waals surface area contributed by atoms with E-state index in [9.17, 15) is 9.59 Å². The molecule has 1 aromatic heterocycles. The zero-order chi connectivity index (χ0) is 17.8. The van der Waals surface area contributed by atoms with Gasteiger partial charge in [-0.25, -0.2) is 4.98 Å². The maximum absolute atomic E-state index is 12.6. The van der Waals surface area contributed by atoms with E-state index in [1.807, 2.05) is 32.0 Å². The van der Waals surface area contributed by atoms with Crippen LogP contribution < -0.4 is 10.1 Å². The summed E-state index contributed by atoms with van der Waals surface area (Å²) in [6, 6.07) is 5.31. The van der Waals surface area contributed by atoms with Crippen LogP contribution in [0.4, 0.5) is 5.13 Å². The lowest BCUT2D eigenvalue weighted by Gasteiger charge is -2.23. The Morgan fingerprint density at radius 2 is 2.24 bits per heavy atom. The van der Waals surface area contributed by atoms with Crippen molar-refractivity contribution in [2.24, 2.45) is 0 Å². The standard InChI is InChI=1S/C18H23N3O3S/c1-3-6-16(22)21-10-5-7-14(21)17(23)20-18-19-13-9-8-12(24-4-2)11-15(13)25-18/h8-9,11,14H,3-7,10H2,1-2H3,(H,19,20,23). The Bertz CT molecular complexity index is 774. The van der Waals surface area contributed by atoms with Crippen molar-refractivity contribution in [3.8, 4) is 5.75 Å². The van der Waals surface area contributed by atoms with Crippen molar-refractivity contribution >= 4 is 38.5 Å². The quantitative estimate of drug-likeness (QED) is 0.856. The van der Waals surface area contributed by atoms with Gasteiger partial charge in [-0.2, -0.15) is 0 Å². The first-order valence-corrected chi connectivity index (χ1v) is 9.57. The molecule has 0 radical (unpaired) electrons. The largest absolute Gasteiger partial charge is 0.494 e. The zero-order valence-electron chi connectivity index (χ0n) is 14.6. The zero-order valence-corrected chi connectivity index (χ0v) is 15.4. The summed E-state index contributed by atoms with van der Waals surface area (Å²) < 4.78 is 6.46. The van der Waals surface area contributed by atoms with Crippen LogP contribution in [0.5, 0.6) is 5.75 Å². The van der Waals surface area contributed by atoms with Gasteiger partial charge in [-0.1, -0.05) is 18.3 Å². The SMILES string of the molecule is CCCC(=O)N1CCCC1C(=O)Nc1nc2ccc(OCC)cc2s1. The first-order valence-electron chi connectivity index (χ1n) is 8.76. The number of amides is 2. The maximum atomic E-state index is 12.6. The van der Waals surface area contributed by atoms with E-state index in [1.54, 1.807) is 4.90 Å². The smallest absolute Gasteiger partial charge is 0.248 e. The van der Waals surface area contributed by atoms with Crippen molar-refractivity contribution in [3.63, 3.8) is 0 Å². The van der Waals surface area contributed by atoms with Gasteiger partial charge < -0.3 is 15.0 Å². The lowest BCUT2D eigenvalue weighted by atomic mass is 10.2. The summed E-state index contributed by atoms with van der Waals surface area (Å²) in [6.07, 6.45) is 2.86. The van der Waals surface area contributed by atoms with Gasteiger partial charge in [0.15, 0.2) is 5.13 Å². The van der Waals surface area contributed by atoms with E-state index in [0.717, 1.165) is 28.8 Å². The molecular weight excluding hydrogens is 338 g/mol. The fraction of sp³-hybridized carbons (Fsp3) is 0.500. The first-order chi connectivity index (χ1) is 12.1. The predicted octanol–water partition coefficient (Wildman–Crippen LogP) is 3.42. The molecule has 1 N–H and O–H groups in total. The van der Waals surface area contributed by atoms with E-state index in [-0.39, 0.29) is 17.9 Å². The fourth-order valence-corrected chi connectivity index (χ4v) is 4.00. The number of ether oxygens (including phenoxy) is 1. The van der Waals surface area contributed by atoms with Crippen LogP contribution in [-0.2, 0) is 9.59 Å². The van der Waals surface area contributed by atoms with Gasteiger partial charge in [-0.3, -0.25) is 9.59 Å². The highest BCUT2D eigenvalue weighted by molar-refractivity contribution is 7.22. The van der Waals surface area contributed by atoms with E-state index >= 15 is 0 Å². The summed E-state index contributed by atoms with van der Waals surface area (Å²) in [7, 11) is 0. The van der Waals surface area contributed by atoms with Crippen molar-refractivity contribution in [3.05, 3.63) is 18.2 Å². The Hall–Kier alpha value is -2.15. The molecule has 1 unspecified atom stereocenters. The number of benzene rings is 1. The molecule has 2 amide bonds. The molecule has 1 aromatic carbocycles. The average molecular weight is 361 g/mol. The Balaban J connectivity index is 1.71. The topological polar surface area (TPSA) is 71.5 Å². The Morgan fingerprint density at radius 1 is 1.40 bits per heavy atom. The summed E-state index contributed by atoms with van der Waals surface area (Å²) >= 11 is 1.42. The molecule has 6 nitrogen and oxygen atoms in total. The Kier molecular flexibility index (Phi) is 5.53. The number of likely N-dealkylation sites (tertiary alicyclic amines) is 1. The molecule has 0 aliphatic carbocycles. The number of rotatable bonds is 6. The molecule has 2 aromatic rings. The van der Waals surface area contributed by atoms with Crippen molar-refractivity contribution in [2.75, 3.05) is 18.5 Å². The van der Waals surface area contributed by atoms with E-state index < -0.39 is 0 Å². The van der Waals surface area contributed by atoms with Gasteiger partial charge in [0.25, 0.3) is 0 Å². The highest BCUT2D eigenvalue weighted by Crippen LogP contribution is 2.30. The minimum atomic E-state index is -0.384. The highest BCUT2D eigenvalue weighted by atomic mass is 32.1. The van der Waals surface area contributed by atoms with Gasteiger partial charge in [0.1, 0.15) is 11.8 Å². The third-order valence-corrected chi connectivity index (χ3v) is 5.17. The maximum Gasteiger partial charge on any atom is 0.248 e.